The monoisotopic (exact) mass is 239 g/mol. The molecule has 2 amide bonds. The first-order valence-corrected chi connectivity index (χ1v) is 6.13. The third-order valence-electron chi connectivity index (χ3n) is 4.24. The van der Waals surface area contributed by atoms with Crippen molar-refractivity contribution in [1.29, 1.82) is 0 Å². The van der Waals surface area contributed by atoms with Crippen molar-refractivity contribution in [2.45, 2.75) is 31.5 Å². The molecule has 94 valence electrons. The summed E-state index contributed by atoms with van der Waals surface area (Å²) < 4.78 is 0. The van der Waals surface area contributed by atoms with Gasteiger partial charge in [0.05, 0.1) is 12.1 Å². The van der Waals surface area contributed by atoms with Crippen molar-refractivity contribution in [1.82, 2.24) is 15.5 Å². The zero-order valence-electron chi connectivity index (χ0n) is 9.72. The number of carbonyl (C=O) groups excluding carboxylic acids is 1. The maximum absolute atomic E-state index is 11.8. The first-order valence-electron chi connectivity index (χ1n) is 6.13. The molecule has 0 bridgehead atoms. The SMILES string of the molecule is C[C@@H]1C[C@H]1C1NC(=O)N2CCNC(C(=O)O)C12. The van der Waals surface area contributed by atoms with Crippen molar-refractivity contribution in [3.8, 4) is 0 Å². The van der Waals surface area contributed by atoms with Crippen LogP contribution < -0.4 is 10.6 Å². The van der Waals surface area contributed by atoms with E-state index in [0.717, 1.165) is 6.42 Å². The van der Waals surface area contributed by atoms with E-state index in [1.54, 1.807) is 4.90 Å². The molecule has 1 aliphatic carbocycles. The number of hydrogen-bond acceptors (Lipinski definition) is 3. The second-order valence-corrected chi connectivity index (χ2v) is 5.31. The predicted octanol–water partition coefficient (Wildman–Crippen LogP) is -0.539. The van der Waals surface area contributed by atoms with E-state index in [-0.39, 0.29) is 18.1 Å². The number of carbonyl (C=O) groups is 2. The van der Waals surface area contributed by atoms with Crippen LogP contribution >= 0.6 is 0 Å². The summed E-state index contributed by atoms with van der Waals surface area (Å²) in [6.07, 6.45) is 1.08. The Kier molecular flexibility index (Phi) is 2.29. The van der Waals surface area contributed by atoms with Gasteiger partial charge in [-0.15, -0.1) is 0 Å². The highest BCUT2D eigenvalue weighted by atomic mass is 16.4. The van der Waals surface area contributed by atoms with Gasteiger partial charge in [0.2, 0.25) is 0 Å². The van der Waals surface area contributed by atoms with E-state index in [2.05, 4.69) is 17.6 Å². The van der Waals surface area contributed by atoms with Crippen LogP contribution in [-0.4, -0.2) is 53.2 Å². The van der Waals surface area contributed by atoms with Gasteiger partial charge < -0.3 is 20.6 Å². The lowest BCUT2D eigenvalue weighted by molar-refractivity contribution is -0.141. The van der Waals surface area contributed by atoms with Crippen LogP contribution in [0.1, 0.15) is 13.3 Å². The molecule has 2 heterocycles. The number of amides is 2. The van der Waals surface area contributed by atoms with Crippen LogP contribution in [0.2, 0.25) is 0 Å². The average Bonchev–Trinajstić information content (AvgIpc) is 2.92. The lowest BCUT2D eigenvalue weighted by Gasteiger charge is -2.36. The second kappa shape index (κ2) is 3.60. The Bertz CT molecular complexity index is 373. The van der Waals surface area contributed by atoms with Crippen LogP contribution in [0.4, 0.5) is 4.79 Å². The fourth-order valence-electron chi connectivity index (χ4n) is 3.18. The Morgan fingerprint density at radius 1 is 1.53 bits per heavy atom. The van der Waals surface area contributed by atoms with E-state index in [4.69, 9.17) is 0 Å². The minimum absolute atomic E-state index is 0.00796. The Balaban J connectivity index is 1.86. The number of carboxylic acids is 1. The first-order chi connectivity index (χ1) is 8.09. The number of fused-ring (bicyclic) bond motifs is 1. The second-order valence-electron chi connectivity index (χ2n) is 5.31. The Morgan fingerprint density at radius 2 is 2.24 bits per heavy atom. The molecule has 2 aliphatic heterocycles. The van der Waals surface area contributed by atoms with Crippen molar-refractivity contribution in [3.63, 3.8) is 0 Å². The third kappa shape index (κ3) is 1.58. The lowest BCUT2D eigenvalue weighted by Crippen LogP contribution is -2.62. The van der Waals surface area contributed by atoms with Gasteiger partial charge in [-0.25, -0.2) is 4.79 Å². The van der Waals surface area contributed by atoms with E-state index in [9.17, 15) is 14.7 Å². The maximum Gasteiger partial charge on any atom is 0.322 e. The molecule has 1 saturated carbocycles. The smallest absolute Gasteiger partial charge is 0.322 e. The zero-order valence-corrected chi connectivity index (χ0v) is 9.72. The Labute approximate surface area is 99.3 Å². The van der Waals surface area contributed by atoms with E-state index in [1.165, 1.54) is 0 Å². The number of aliphatic carboxylic acids is 1. The maximum atomic E-state index is 11.8. The summed E-state index contributed by atoms with van der Waals surface area (Å²) in [7, 11) is 0. The van der Waals surface area contributed by atoms with Gasteiger partial charge in [-0.1, -0.05) is 6.92 Å². The minimum atomic E-state index is -0.866. The summed E-state index contributed by atoms with van der Waals surface area (Å²) >= 11 is 0. The van der Waals surface area contributed by atoms with E-state index >= 15 is 0 Å². The van der Waals surface area contributed by atoms with Crippen LogP contribution in [-0.2, 0) is 4.79 Å². The highest BCUT2D eigenvalue weighted by molar-refractivity contribution is 5.82. The van der Waals surface area contributed by atoms with Gasteiger partial charge in [0.15, 0.2) is 0 Å². The summed E-state index contributed by atoms with van der Waals surface area (Å²) in [6.45, 7) is 3.29. The first kappa shape index (κ1) is 10.8. The van der Waals surface area contributed by atoms with E-state index < -0.39 is 12.0 Å². The van der Waals surface area contributed by atoms with Gasteiger partial charge in [0.25, 0.3) is 0 Å². The molecule has 17 heavy (non-hydrogen) atoms. The minimum Gasteiger partial charge on any atom is -0.480 e. The van der Waals surface area contributed by atoms with Crippen molar-refractivity contribution < 1.29 is 14.7 Å². The number of nitrogens with zero attached hydrogens (tertiary/aromatic N) is 1. The highest BCUT2D eigenvalue weighted by Gasteiger charge is 2.55. The van der Waals surface area contributed by atoms with Crippen LogP contribution in [0.3, 0.4) is 0 Å². The molecule has 3 N–H and O–H groups in total. The van der Waals surface area contributed by atoms with Crippen LogP contribution in [0.15, 0.2) is 0 Å². The molecule has 0 aromatic heterocycles. The molecule has 5 atom stereocenters. The zero-order chi connectivity index (χ0) is 12.2. The number of rotatable bonds is 2. The molecule has 0 spiro atoms. The summed E-state index contributed by atoms with van der Waals surface area (Å²) in [4.78, 5) is 24.8. The molecule has 0 radical (unpaired) electrons. The van der Waals surface area contributed by atoms with Gasteiger partial charge in [-0.3, -0.25) is 4.79 Å². The quantitative estimate of drug-likeness (QED) is 0.604. The number of carboxylic acid groups (broad SMARTS) is 1. The predicted molar refractivity (Wildman–Crippen MR) is 59.5 cm³/mol. The Hall–Kier alpha value is -1.30. The van der Waals surface area contributed by atoms with Crippen molar-refractivity contribution >= 4 is 12.0 Å². The Morgan fingerprint density at radius 3 is 2.82 bits per heavy atom. The van der Waals surface area contributed by atoms with Gasteiger partial charge in [-0.05, 0) is 18.3 Å². The molecule has 3 unspecified atom stereocenters. The molecule has 0 aromatic rings. The van der Waals surface area contributed by atoms with Gasteiger partial charge in [-0.2, -0.15) is 0 Å². The largest absolute Gasteiger partial charge is 0.480 e. The van der Waals surface area contributed by atoms with Gasteiger partial charge >= 0.3 is 12.0 Å². The number of nitrogens with one attached hydrogen (secondary N) is 2. The molecule has 3 fully saturated rings. The summed E-state index contributed by atoms with van der Waals surface area (Å²) in [5, 5.41) is 15.2. The molecular formula is C11H17N3O3. The van der Waals surface area contributed by atoms with Crippen molar-refractivity contribution in [3.05, 3.63) is 0 Å². The highest BCUT2D eigenvalue weighted by Crippen LogP contribution is 2.44. The van der Waals surface area contributed by atoms with Crippen LogP contribution in [0.5, 0.6) is 0 Å². The summed E-state index contributed by atoms with van der Waals surface area (Å²) in [5.74, 6) is 0.168. The molecule has 3 aliphatic rings. The van der Waals surface area contributed by atoms with E-state index in [0.29, 0.717) is 24.9 Å². The van der Waals surface area contributed by atoms with Crippen molar-refractivity contribution in [2.24, 2.45) is 11.8 Å². The van der Waals surface area contributed by atoms with Gasteiger partial charge in [0.1, 0.15) is 6.04 Å². The lowest BCUT2D eigenvalue weighted by atomic mass is 9.94. The summed E-state index contributed by atoms with van der Waals surface area (Å²) in [5.41, 5.74) is 0. The molecule has 3 rings (SSSR count). The fourth-order valence-corrected chi connectivity index (χ4v) is 3.18. The number of hydrogen-bond donors (Lipinski definition) is 3. The molecule has 6 heteroatoms. The van der Waals surface area contributed by atoms with Crippen LogP contribution in [0, 0.1) is 11.8 Å². The van der Waals surface area contributed by atoms with Gasteiger partial charge in [0, 0.05) is 13.1 Å². The molecule has 6 nitrogen and oxygen atoms in total. The molecule has 0 aromatic carbocycles. The number of urea groups is 1. The van der Waals surface area contributed by atoms with E-state index in [1.807, 2.05) is 0 Å². The average molecular weight is 239 g/mol. The van der Waals surface area contributed by atoms with Crippen LogP contribution in [0.25, 0.3) is 0 Å². The standard InChI is InChI=1S/C11H17N3O3/c1-5-4-6(5)7-9-8(10(15)16)12-2-3-14(9)11(17)13-7/h5-9,12H,2-4H2,1H3,(H,13,17)(H,15,16)/t5-,6-,7?,8?,9?/m1/s1. The number of piperazine rings is 1. The normalized spacial score (nSPS) is 44.2. The summed E-state index contributed by atoms with van der Waals surface area (Å²) in [6, 6.07) is -0.984. The fraction of sp³-hybridized carbons (Fsp3) is 0.818. The van der Waals surface area contributed by atoms with Crippen molar-refractivity contribution in [2.75, 3.05) is 13.1 Å². The third-order valence-corrected chi connectivity index (χ3v) is 4.24. The molecular weight excluding hydrogens is 222 g/mol. The molecule has 2 saturated heterocycles. The topological polar surface area (TPSA) is 81.7 Å².